The minimum atomic E-state index is 0.523. The van der Waals surface area contributed by atoms with Crippen molar-refractivity contribution in [2.75, 3.05) is 0 Å². The minimum absolute atomic E-state index is 0.523. The zero-order valence-corrected chi connectivity index (χ0v) is 29.7. The number of rotatable bonds is 6. The fourth-order valence-corrected chi connectivity index (χ4v) is 7.26. The van der Waals surface area contributed by atoms with Crippen molar-refractivity contribution in [1.29, 1.82) is 0 Å². The fraction of sp³-hybridized carbons (Fsp3) is 0. The van der Waals surface area contributed by atoms with E-state index < -0.39 is 0 Å². The molecule has 0 saturated carbocycles. The van der Waals surface area contributed by atoms with Gasteiger partial charge in [0.25, 0.3) is 0 Å². The van der Waals surface area contributed by atoms with Crippen LogP contribution in [0.25, 0.3) is 112 Å². The molecule has 56 heavy (non-hydrogen) atoms. The molecule has 0 bridgehead atoms. The van der Waals surface area contributed by atoms with Gasteiger partial charge in [-0.3, -0.25) is 0 Å². The van der Waals surface area contributed by atoms with Gasteiger partial charge in [0.15, 0.2) is 34.9 Å². The highest BCUT2D eigenvalue weighted by atomic mass is 16.3. The van der Waals surface area contributed by atoms with E-state index >= 15 is 0 Å². The lowest BCUT2D eigenvalue weighted by Crippen LogP contribution is -2.00. The summed E-state index contributed by atoms with van der Waals surface area (Å²) in [6.45, 7) is 0. The molecule has 0 saturated heterocycles. The topological polar surface area (TPSA) is 104 Å². The molecule has 8 nitrogen and oxygen atoms in total. The van der Waals surface area contributed by atoms with Crippen LogP contribution in [0.5, 0.6) is 0 Å². The Morgan fingerprint density at radius 1 is 0.268 bits per heavy atom. The van der Waals surface area contributed by atoms with Crippen LogP contribution in [0.2, 0.25) is 0 Å². The molecule has 0 atom stereocenters. The third-order valence-corrected chi connectivity index (χ3v) is 10.00. The van der Waals surface area contributed by atoms with Crippen LogP contribution >= 0.6 is 0 Å². The van der Waals surface area contributed by atoms with Crippen LogP contribution in [0.1, 0.15) is 0 Å². The first kappa shape index (κ1) is 31.7. The highest BCUT2D eigenvalue weighted by Crippen LogP contribution is 2.38. The summed E-state index contributed by atoms with van der Waals surface area (Å²) in [6.07, 6.45) is 0. The molecule has 4 aromatic heterocycles. The number of benzene rings is 7. The number of hydrogen-bond donors (Lipinski definition) is 0. The summed E-state index contributed by atoms with van der Waals surface area (Å²) in [7, 11) is 0. The van der Waals surface area contributed by atoms with Gasteiger partial charge in [-0.25, -0.2) is 29.9 Å². The Hall–Kier alpha value is -7.84. The van der Waals surface area contributed by atoms with E-state index in [1.54, 1.807) is 0 Å². The van der Waals surface area contributed by atoms with Gasteiger partial charge in [-0.2, -0.15) is 0 Å². The van der Waals surface area contributed by atoms with Gasteiger partial charge in [0.05, 0.1) is 5.56 Å². The van der Waals surface area contributed by atoms with Crippen molar-refractivity contribution < 1.29 is 8.83 Å². The fourth-order valence-electron chi connectivity index (χ4n) is 7.26. The lowest BCUT2D eigenvalue weighted by atomic mass is 10.1. The van der Waals surface area contributed by atoms with Gasteiger partial charge in [0.2, 0.25) is 0 Å². The molecule has 4 heterocycles. The Morgan fingerprint density at radius 3 is 1.36 bits per heavy atom. The van der Waals surface area contributed by atoms with E-state index in [0.29, 0.717) is 40.5 Å². The number of nitrogens with zero attached hydrogens (tertiary/aromatic N) is 6. The SMILES string of the molecule is c1ccc(-c2nc(-c3ccccc3)nc(-c3ccc4oc5cc(-c6nc(-c7ccccc7)nc(-c7cccc8c7oc7ccccc78)n6)ccc5c4c3)n2)cc1. The van der Waals surface area contributed by atoms with Crippen molar-refractivity contribution in [3.05, 3.63) is 170 Å². The van der Waals surface area contributed by atoms with Crippen LogP contribution in [-0.4, -0.2) is 29.9 Å². The quantitative estimate of drug-likeness (QED) is 0.167. The summed E-state index contributed by atoms with van der Waals surface area (Å²) < 4.78 is 12.9. The maximum Gasteiger partial charge on any atom is 0.167 e. The molecule has 0 aliphatic rings. The van der Waals surface area contributed by atoms with Crippen molar-refractivity contribution in [2.24, 2.45) is 0 Å². The molecule has 0 amide bonds. The molecule has 0 N–H and O–H groups in total. The predicted octanol–water partition coefficient (Wildman–Crippen LogP) is 11.9. The Morgan fingerprint density at radius 2 is 0.732 bits per heavy atom. The molecule has 11 rings (SSSR count). The molecule has 0 spiro atoms. The van der Waals surface area contributed by atoms with E-state index in [2.05, 4.69) is 24.3 Å². The van der Waals surface area contributed by atoms with Crippen LogP contribution in [0, 0.1) is 0 Å². The van der Waals surface area contributed by atoms with Crippen LogP contribution < -0.4 is 0 Å². The van der Waals surface area contributed by atoms with E-state index in [1.807, 2.05) is 146 Å². The molecule has 7 aromatic carbocycles. The standard InChI is InChI=1S/C48H28N6O2/c1-4-13-29(14-5-1)43-49-44(30-15-6-2-7-16-30)51-46(50-43)32-24-26-40-38(27-32)35-25-23-33(28-41(35)55-40)47-52-45(31-17-8-3-9-18-31)53-48(54-47)37-21-12-20-36-34-19-10-11-22-39(34)56-42(36)37/h1-28H. The summed E-state index contributed by atoms with van der Waals surface area (Å²) in [5, 5.41) is 3.96. The summed E-state index contributed by atoms with van der Waals surface area (Å²) >= 11 is 0. The first-order valence-corrected chi connectivity index (χ1v) is 18.3. The second-order valence-electron chi connectivity index (χ2n) is 13.5. The number of aromatic nitrogens is 6. The molecule has 0 aliphatic heterocycles. The van der Waals surface area contributed by atoms with Crippen LogP contribution in [0.4, 0.5) is 0 Å². The van der Waals surface area contributed by atoms with Crippen LogP contribution in [0.15, 0.2) is 179 Å². The lowest BCUT2D eigenvalue weighted by Gasteiger charge is -2.09. The highest BCUT2D eigenvalue weighted by Gasteiger charge is 2.19. The lowest BCUT2D eigenvalue weighted by molar-refractivity contribution is 0.668. The van der Waals surface area contributed by atoms with E-state index in [0.717, 1.165) is 71.7 Å². The molecule has 0 radical (unpaired) electrons. The molecular weight excluding hydrogens is 693 g/mol. The largest absolute Gasteiger partial charge is 0.456 e. The van der Waals surface area contributed by atoms with Gasteiger partial charge in [0.1, 0.15) is 22.3 Å². The van der Waals surface area contributed by atoms with Gasteiger partial charge in [0, 0.05) is 49.4 Å². The van der Waals surface area contributed by atoms with E-state index in [-0.39, 0.29) is 0 Å². The average Bonchev–Trinajstić information content (AvgIpc) is 3.85. The van der Waals surface area contributed by atoms with Crippen molar-refractivity contribution in [1.82, 2.24) is 29.9 Å². The minimum Gasteiger partial charge on any atom is -0.456 e. The number of furan rings is 2. The average molecular weight is 721 g/mol. The van der Waals surface area contributed by atoms with Crippen LogP contribution in [-0.2, 0) is 0 Å². The monoisotopic (exact) mass is 720 g/mol. The summed E-state index contributed by atoms with van der Waals surface area (Å²) in [4.78, 5) is 29.8. The normalized spacial score (nSPS) is 11.6. The molecule has 0 fully saturated rings. The number of fused-ring (bicyclic) bond motifs is 6. The van der Waals surface area contributed by atoms with Crippen molar-refractivity contribution >= 4 is 43.9 Å². The smallest absolute Gasteiger partial charge is 0.167 e. The van der Waals surface area contributed by atoms with Gasteiger partial charge in [-0.05, 0) is 42.5 Å². The zero-order valence-electron chi connectivity index (χ0n) is 29.7. The maximum absolute atomic E-state index is 6.47. The number of hydrogen-bond acceptors (Lipinski definition) is 8. The summed E-state index contributed by atoms with van der Waals surface area (Å²) in [5.74, 6) is 3.41. The third kappa shape index (κ3) is 5.47. The van der Waals surface area contributed by atoms with E-state index in [1.165, 1.54) is 0 Å². The molecule has 0 aliphatic carbocycles. The van der Waals surface area contributed by atoms with Crippen molar-refractivity contribution in [3.8, 4) is 68.3 Å². The molecule has 8 heteroatoms. The van der Waals surface area contributed by atoms with E-state index in [9.17, 15) is 0 Å². The first-order valence-electron chi connectivity index (χ1n) is 18.3. The Kier molecular flexibility index (Phi) is 7.31. The first-order chi connectivity index (χ1) is 27.7. The van der Waals surface area contributed by atoms with Gasteiger partial charge < -0.3 is 8.83 Å². The Balaban J connectivity index is 1.04. The maximum atomic E-state index is 6.47. The molecular formula is C48H28N6O2. The second-order valence-corrected chi connectivity index (χ2v) is 13.5. The predicted molar refractivity (Wildman–Crippen MR) is 220 cm³/mol. The van der Waals surface area contributed by atoms with Gasteiger partial charge >= 0.3 is 0 Å². The third-order valence-electron chi connectivity index (χ3n) is 10.00. The number of para-hydroxylation sites is 2. The Labute approximate surface area is 319 Å². The molecule has 0 unspecified atom stereocenters. The summed E-state index contributed by atoms with van der Waals surface area (Å²) in [5.41, 5.74) is 8.18. The zero-order chi connectivity index (χ0) is 37.0. The second kappa shape index (κ2) is 12.9. The van der Waals surface area contributed by atoms with E-state index in [4.69, 9.17) is 38.7 Å². The van der Waals surface area contributed by atoms with Gasteiger partial charge in [-0.15, -0.1) is 0 Å². The molecule has 262 valence electrons. The van der Waals surface area contributed by atoms with Gasteiger partial charge in [-0.1, -0.05) is 127 Å². The molecule has 11 aromatic rings. The highest BCUT2D eigenvalue weighted by molar-refractivity contribution is 6.09. The van der Waals surface area contributed by atoms with Crippen molar-refractivity contribution in [2.45, 2.75) is 0 Å². The summed E-state index contributed by atoms with van der Waals surface area (Å²) in [6, 6.07) is 56.2. The van der Waals surface area contributed by atoms with Crippen LogP contribution in [0.3, 0.4) is 0 Å². The van der Waals surface area contributed by atoms with Crippen molar-refractivity contribution in [3.63, 3.8) is 0 Å². The Bertz CT molecular complexity index is 3190.